The van der Waals surface area contributed by atoms with E-state index >= 15 is 0 Å². The first-order valence-electron chi connectivity index (χ1n) is 5.58. The maximum atomic E-state index is 6.08. The molecule has 2 heteroatoms. The van der Waals surface area contributed by atoms with Crippen molar-refractivity contribution >= 4 is 8.32 Å². The van der Waals surface area contributed by atoms with Crippen molar-refractivity contribution in [3.63, 3.8) is 0 Å². The monoisotopic (exact) mass is 220 g/mol. The summed E-state index contributed by atoms with van der Waals surface area (Å²) in [5, 5.41) is 0. The molecule has 0 amide bonds. The van der Waals surface area contributed by atoms with Gasteiger partial charge in [0.05, 0.1) is 6.61 Å². The van der Waals surface area contributed by atoms with Crippen LogP contribution in [0.4, 0.5) is 0 Å². The molecule has 1 rings (SSSR count). The SMILES string of the molecule is C=C[Si](CC)(CC)OCc1ccccc1. The van der Waals surface area contributed by atoms with Crippen LogP contribution in [0.5, 0.6) is 0 Å². The van der Waals surface area contributed by atoms with Crippen LogP contribution >= 0.6 is 0 Å². The molecule has 0 heterocycles. The molecule has 0 saturated carbocycles. The third kappa shape index (κ3) is 3.32. The van der Waals surface area contributed by atoms with Gasteiger partial charge < -0.3 is 4.43 Å². The molecule has 0 bridgehead atoms. The van der Waals surface area contributed by atoms with Crippen LogP contribution in [0.1, 0.15) is 19.4 Å². The summed E-state index contributed by atoms with van der Waals surface area (Å²) in [6, 6.07) is 12.6. The van der Waals surface area contributed by atoms with Crippen LogP contribution in [0, 0.1) is 0 Å². The number of benzene rings is 1. The maximum Gasteiger partial charge on any atom is 0.216 e. The molecule has 0 spiro atoms. The van der Waals surface area contributed by atoms with E-state index in [0.29, 0.717) is 0 Å². The largest absolute Gasteiger partial charge is 0.409 e. The topological polar surface area (TPSA) is 9.23 Å². The maximum absolute atomic E-state index is 6.08. The average molecular weight is 220 g/mol. The van der Waals surface area contributed by atoms with E-state index < -0.39 is 8.32 Å². The molecule has 0 aliphatic heterocycles. The second-order valence-electron chi connectivity index (χ2n) is 3.75. The van der Waals surface area contributed by atoms with Gasteiger partial charge in [-0.2, -0.15) is 0 Å². The van der Waals surface area contributed by atoms with Crippen LogP contribution in [-0.4, -0.2) is 8.32 Å². The Morgan fingerprint density at radius 3 is 2.27 bits per heavy atom. The Balaban J connectivity index is 2.58. The van der Waals surface area contributed by atoms with Crippen LogP contribution in [0.3, 0.4) is 0 Å². The second-order valence-corrected chi connectivity index (χ2v) is 7.99. The standard InChI is InChI=1S/C13H20OSi/c1-4-15(5-2,6-3)14-12-13-10-8-7-9-11-13/h4,7-11H,1,5-6,12H2,2-3H3. The second kappa shape index (κ2) is 5.88. The molecule has 1 aromatic carbocycles. The molecule has 0 aromatic heterocycles. The zero-order valence-corrected chi connectivity index (χ0v) is 10.7. The van der Waals surface area contributed by atoms with E-state index in [1.165, 1.54) is 5.56 Å². The molecule has 0 fully saturated rings. The Morgan fingerprint density at radius 2 is 1.80 bits per heavy atom. The number of hydrogen-bond acceptors (Lipinski definition) is 1. The molecule has 0 unspecified atom stereocenters. The molecule has 0 aliphatic rings. The molecule has 82 valence electrons. The van der Waals surface area contributed by atoms with Crippen molar-refractivity contribution in [3.8, 4) is 0 Å². The Bertz CT molecular complexity index is 291. The molecule has 0 atom stereocenters. The predicted molar refractivity (Wildman–Crippen MR) is 68.1 cm³/mol. The zero-order chi connectivity index (χ0) is 11.1. The van der Waals surface area contributed by atoms with Gasteiger partial charge in [-0.05, 0) is 17.7 Å². The third-order valence-electron chi connectivity index (χ3n) is 2.94. The summed E-state index contributed by atoms with van der Waals surface area (Å²) in [5.74, 6) is 0. The number of hydrogen-bond donors (Lipinski definition) is 0. The highest BCUT2D eigenvalue weighted by atomic mass is 28.4. The van der Waals surface area contributed by atoms with Crippen molar-refractivity contribution in [2.24, 2.45) is 0 Å². The van der Waals surface area contributed by atoms with Gasteiger partial charge in [-0.1, -0.05) is 49.9 Å². The highest BCUT2D eigenvalue weighted by molar-refractivity contribution is 6.78. The van der Waals surface area contributed by atoms with E-state index in [1.54, 1.807) is 0 Å². The van der Waals surface area contributed by atoms with Gasteiger partial charge in [-0.25, -0.2) is 0 Å². The molecule has 15 heavy (non-hydrogen) atoms. The van der Waals surface area contributed by atoms with Gasteiger partial charge >= 0.3 is 0 Å². The normalized spacial score (nSPS) is 11.3. The predicted octanol–water partition coefficient (Wildman–Crippen LogP) is 3.91. The fraction of sp³-hybridized carbons (Fsp3) is 0.385. The minimum absolute atomic E-state index is 0.723. The third-order valence-corrected chi connectivity index (χ3v) is 6.80. The lowest BCUT2D eigenvalue weighted by Gasteiger charge is -2.25. The van der Waals surface area contributed by atoms with Crippen LogP contribution in [0.25, 0.3) is 0 Å². The lowest BCUT2D eigenvalue weighted by Crippen LogP contribution is -2.34. The van der Waals surface area contributed by atoms with E-state index in [0.717, 1.165) is 18.7 Å². The van der Waals surface area contributed by atoms with Crippen molar-refractivity contribution in [1.82, 2.24) is 0 Å². The van der Waals surface area contributed by atoms with Crippen LogP contribution in [-0.2, 0) is 11.0 Å². The van der Waals surface area contributed by atoms with Crippen molar-refractivity contribution < 1.29 is 4.43 Å². The lowest BCUT2D eigenvalue weighted by molar-refractivity contribution is 0.295. The highest BCUT2D eigenvalue weighted by Crippen LogP contribution is 2.19. The summed E-state index contributed by atoms with van der Waals surface area (Å²) in [7, 11) is -1.64. The molecule has 0 radical (unpaired) electrons. The van der Waals surface area contributed by atoms with E-state index in [9.17, 15) is 0 Å². The van der Waals surface area contributed by atoms with Gasteiger partial charge in [0.2, 0.25) is 8.32 Å². The summed E-state index contributed by atoms with van der Waals surface area (Å²) in [6.45, 7) is 9.04. The summed E-state index contributed by atoms with van der Waals surface area (Å²) >= 11 is 0. The van der Waals surface area contributed by atoms with E-state index in [1.807, 2.05) is 18.2 Å². The van der Waals surface area contributed by atoms with Crippen LogP contribution < -0.4 is 0 Å². The van der Waals surface area contributed by atoms with Crippen molar-refractivity contribution in [2.45, 2.75) is 32.5 Å². The quantitative estimate of drug-likeness (QED) is 0.660. The summed E-state index contributed by atoms with van der Waals surface area (Å²) in [6.07, 6.45) is 0. The smallest absolute Gasteiger partial charge is 0.216 e. The Morgan fingerprint density at radius 1 is 1.20 bits per heavy atom. The first-order chi connectivity index (χ1) is 7.26. The molecule has 0 N–H and O–H groups in total. The molecule has 1 aromatic rings. The van der Waals surface area contributed by atoms with Crippen molar-refractivity contribution in [3.05, 3.63) is 48.2 Å². The Kier molecular flexibility index (Phi) is 4.79. The molecule has 1 nitrogen and oxygen atoms in total. The van der Waals surface area contributed by atoms with Gasteiger partial charge in [-0.3, -0.25) is 0 Å². The average Bonchev–Trinajstić information content (AvgIpc) is 2.33. The lowest BCUT2D eigenvalue weighted by atomic mass is 10.2. The van der Waals surface area contributed by atoms with Crippen molar-refractivity contribution in [2.75, 3.05) is 0 Å². The molecule has 0 saturated heterocycles. The van der Waals surface area contributed by atoms with Crippen LogP contribution in [0.2, 0.25) is 12.1 Å². The molecule has 0 aliphatic carbocycles. The summed E-state index contributed by atoms with van der Waals surface area (Å²) in [4.78, 5) is 0. The summed E-state index contributed by atoms with van der Waals surface area (Å²) in [5.41, 5.74) is 3.31. The minimum atomic E-state index is -1.64. The minimum Gasteiger partial charge on any atom is -0.409 e. The highest BCUT2D eigenvalue weighted by Gasteiger charge is 2.26. The molecular weight excluding hydrogens is 200 g/mol. The van der Waals surface area contributed by atoms with Crippen molar-refractivity contribution in [1.29, 1.82) is 0 Å². The Labute approximate surface area is 93.9 Å². The van der Waals surface area contributed by atoms with Crippen LogP contribution in [0.15, 0.2) is 42.6 Å². The summed E-state index contributed by atoms with van der Waals surface area (Å²) < 4.78 is 6.08. The first-order valence-corrected chi connectivity index (χ1v) is 7.98. The van der Waals surface area contributed by atoms with Gasteiger partial charge in [0.1, 0.15) is 0 Å². The van der Waals surface area contributed by atoms with E-state index in [2.05, 4.69) is 38.3 Å². The van der Waals surface area contributed by atoms with Gasteiger partial charge in [-0.15, -0.1) is 6.58 Å². The first kappa shape index (κ1) is 12.2. The number of rotatable bonds is 6. The zero-order valence-electron chi connectivity index (χ0n) is 9.70. The van der Waals surface area contributed by atoms with Gasteiger partial charge in [0, 0.05) is 0 Å². The fourth-order valence-electron chi connectivity index (χ4n) is 1.60. The van der Waals surface area contributed by atoms with Gasteiger partial charge in [0.15, 0.2) is 0 Å². The van der Waals surface area contributed by atoms with Gasteiger partial charge in [0.25, 0.3) is 0 Å². The Hall–Kier alpha value is -0.863. The molecular formula is C13H20OSi. The van der Waals surface area contributed by atoms with E-state index in [4.69, 9.17) is 4.43 Å². The van der Waals surface area contributed by atoms with E-state index in [-0.39, 0.29) is 0 Å². The fourth-order valence-corrected chi connectivity index (χ4v) is 3.66.